The lowest BCUT2D eigenvalue weighted by molar-refractivity contribution is 0.105. The Kier molecular flexibility index (Phi) is 5.02. The van der Waals surface area contributed by atoms with E-state index < -0.39 is 0 Å². The van der Waals surface area contributed by atoms with Crippen LogP contribution in [0.2, 0.25) is 0 Å². The monoisotopic (exact) mass is 344 g/mol. The van der Waals surface area contributed by atoms with Crippen LogP contribution in [0.5, 0.6) is 11.5 Å². The van der Waals surface area contributed by atoms with Gasteiger partial charge < -0.3 is 9.47 Å². The number of carbonyl (C=O) groups excluding carboxylic acids is 1. The molecule has 0 atom stereocenters. The molecule has 0 unspecified atom stereocenters. The molecule has 0 saturated heterocycles. The molecule has 0 aliphatic carbocycles. The summed E-state index contributed by atoms with van der Waals surface area (Å²) in [6, 6.07) is 12.4. The van der Waals surface area contributed by atoms with Crippen LogP contribution >= 0.6 is 15.9 Å². The van der Waals surface area contributed by atoms with Crippen LogP contribution in [0.1, 0.15) is 15.9 Å². The molecule has 0 bridgehead atoms. The third-order valence-corrected chi connectivity index (χ3v) is 3.44. The number of benzene rings is 2. The summed E-state index contributed by atoms with van der Waals surface area (Å²) >= 11 is 3.39. The Morgan fingerprint density at radius 2 is 1.71 bits per heavy atom. The molecular formula is C17H13BrO3. The fourth-order valence-electron chi connectivity index (χ4n) is 1.74. The first-order chi connectivity index (χ1) is 10.2. The Balaban J connectivity index is 2.34. The number of Topliss-reactive ketones (excluding diaryl/α,β-unsaturated/α-hetero) is 1. The number of ketones is 1. The molecule has 0 radical (unpaired) electrons. The number of methoxy groups -OCH3 is 2. The van der Waals surface area contributed by atoms with Crippen LogP contribution in [0.4, 0.5) is 0 Å². The topological polar surface area (TPSA) is 35.5 Å². The first-order valence-electron chi connectivity index (χ1n) is 6.18. The number of hydrogen-bond acceptors (Lipinski definition) is 3. The Hall–Kier alpha value is -2.25. The average Bonchev–Trinajstić information content (AvgIpc) is 2.53. The van der Waals surface area contributed by atoms with Crippen LogP contribution in [-0.4, -0.2) is 20.0 Å². The normalized spacial score (nSPS) is 9.48. The zero-order valence-corrected chi connectivity index (χ0v) is 13.2. The molecule has 0 heterocycles. The maximum Gasteiger partial charge on any atom is 0.236 e. The van der Waals surface area contributed by atoms with Gasteiger partial charge in [-0.2, -0.15) is 0 Å². The van der Waals surface area contributed by atoms with Gasteiger partial charge in [0.05, 0.1) is 24.3 Å². The molecule has 21 heavy (non-hydrogen) atoms. The van der Waals surface area contributed by atoms with Gasteiger partial charge in [-0.3, -0.25) is 4.79 Å². The molecule has 0 fully saturated rings. The molecular weight excluding hydrogens is 332 g/mol. The van der Waals surface area contributed by atoms with Crippen LogP contribution in [0.15, 0.2) is 46.9 Å². The summed E-state index contributed by atoms with van der Waals surface area (Å²) in [4.78, 5) is 12.0. The lowest BCUT2D eigenvalue weighted by atomic mass is 10.1. The third-order valence-electron chi connectivity index (χ3n) is 2.82. The number of halogens is 1. The van der Waals surface area contributed by atoms with Crippen molar-refractivity contribution in [3.05, 3.63) is 58.1 Å². The van der Waals surface area contributed by atoms with Gasteiger partial charge in [0.2, 0.25) is 5.78 Å². The maximum absolute atomic E-state index is 12.0. The number of hydrogen-bond donors (Lipinski definition) is 0. The summed E-state index contributed by atoms with van der Waals surface area (Å²) in [5, 5.41) is 0. The van der Waals surface area contributed by atoms with Gasteiger partial charge in [0.1, 0.15) is 11.5 Å². The van der Waals surface area contributed by atoms with Crippen molar-refractivity contribution in [3.63, 3.8) is 0 Å². The van der Waals surface area contributed by atoms with Gasteiger partial charge >= 0.3 is 0 Å². The molecule has 0 spiro atoms. The largest absolute Gasteiger partial charge is 0.495 e. The number of ether oxygens (including phenoxy) is 2. The molecule has 0 amide bonds. The van der Waals surface area contributed by atoms with Crippen LogP contribution < -0.4 is 9.47 Å². The molecule has 4 heteroatoms. The van der Waals surface area contributed by atoms with Crippen molar-refractivity contribution >= 4 is 21.7 Å². The molecule has 106 valence electrons. The highest BCUT2D eigenvalue weighted by atomic mass is 79.9. The van der Waals surface area contributed by atoms with Crippen molar-refractivity contribution in [1.29, 1.82) is 0 Å². The summed E-state index contributed by atoms with van der Waals surface area (Å²) in [6.07, 6.45) is 0. The van der Waals surface area contributed by atoms with Crippen molar-refractivity contribution in [2.45, 2.75) is 0 Å². The summed E-state index contributed by atoms with van der Waals surface area (Å²) in [6.45, 7) is 0. The molecule has 2 rings (SSSR count). The first kappa shape index (κ1) is 15.1. The second-order valence-electron chi connectivity index (χ2n) is 4.13. The van der Waals surface area contributed by atoms with E-state index in [0.29, 0.717) is 22.6 Å². The minimum absolute atomic E-state index is 0.232. The van der Waals surface area contributed by atoms with E-state index in [1.54, 1.807) is 50.6 Å². The number of carbonyl (C=O) groups is 1. The van der Waals surface area contributed by atoms with E-state index in [1.165, 1.54) is 0 Å². The fraction of sp³-hybridized carbons (Fsp3) is 0.118. The van der Waals surface area contributed by atoms with E-state index in [1.807, 2.05) is 6.07 Å². The van der Waals surface area contributed by atoms with Gasteiger partial charge in [-0.1, -0.05) is 36.3 Å². The quantitative estimate of drug-likeness (QED) is 0.629. The van der Waals surface area contributed by atoms with E-state index in [0.717, 1.165) is 4.47 Å². The fourth-order valence-corrected chi connectivity index (χ4v) is 2.25. The summed E-state index contributed by atoms with van der Waals surface area (Å²) in [5.41, 5.74) is 1.19. The Bertz CT molecular complexity index is 712. The van der Waals surface area contributed by atoms with Crippen molar-refractivity contribution < 1.29 is 14.3 Å². The smallest absolute Gasteiger partial charge is 0.236 e. The highest BCUT2D eigenvalue weighted by molar-refractivity contribution is 9.10. The molecule has 0 saturated carbocycles. The second-order valence-corrected chi connectivity index (χ2v) is 4.99. The van der Waals surface area contributed by atoms with Crippen LogP contribution in [0, 0.1) is 11.8 Å². The average molecular weight is 345 g/mol. The molecule has 2 aromatic rings. The zero-order valence-electron chi connectivity index (χ0n) is 11.6. The molecule has 0 aromatic heterocycles. The number of rotatable bonds is 3. The second kappa shape index (κ2) is 6.96. The van der Waals surface area contributed by atoms with Gasteiger partial charge in [-0.25, -0.2) is 0 Å². The van der Waals surface area contributed by atoms with Gasteiger partial charge in [0.15, 0.2) is 0 Å². The van der Waals surface area contributed by atoms with E-state index in [4.69, 9.17) is 9.47 Å². The van der Waals surface area contributed by atoms with Crippen LogP contribution in [0.25, 0.3) is 0 Å². The van der Waals surface area contributed by atoms with Crippen molar-refractivity contribution in [2.24, 2.45) is 0 Å². The Morgan fingerprint density at radius 1 is 1.05 bits per heavy atom. The molecule has 2 aromatic carbocycles. The van der Waals surface area contributed by atoms with Gasteiger partial charge in [-0.15, -0.1) is 0 Å². The zero-order chi connectivity index (χ0) is 15.2. The van der Waals surface area contributed by atoms with E-state index >= 15 is 0 Å². The molecule has 3 nitrogen and oxygen atoms in total. The van der Waals surface area contributed by atoms with Crippen molar-refractivity contribution in [3.8, 4) is 23.3 Å². The third kappa shape index (κ3) is 3.65. The van der Waals surface area contributed by atoms with Crippen LogP contribution in [0.3, 0.4) is 0 Å². The lowest BCUT2D eigenvalue weighted by Gasteiger charge is -2.08. The Labute approximate surface area is 132 Å². The lowest BCUT2D eigenvalue weighted by Crippen LogP contribution is -1.95. The van der Waals surface area contributed by atoms with E-state index in [2.05, 4.69) is 27.8 Å². The minimum Gasteiger partial charge on any atom is -0.495 e. The van der Waals surface area contributed by atoms with Gasteiger partial charge in [0, 0.05) is 11.6 Å². The van der Waals surface area contributed by atoms with E-state index in [9.17, 15) is 4.79 Å². The highest BCUT2D eigenvalue weighted by Crippen LogP contribution is 2.32. The van der Waals surface area contributed by atoms with Gasteiger partial charge in [0.25, 0.3) is 0 Å². The SMILES string of the molecule is COc1cc(OC)c(C#CC(=O)c2ccccc2)cc1Br. The summed E-state index contributed by atoms with van der Waals surface area (Å²) in [5.74, 6) is 6.44. The van der Waals surface area contributed by atoms with Crippen molar-refractivity contribution in [1.82, 2.24) is 0 Å². The van der Waals surface area contributed by atoms with Crippen LogP contribution in [-0.2, 0) is 0 Å². The van der Waals surface area contributed by atoms with Crippen molar-refractivity contribution in [2.75, 3.05) is 14.2 Å². The maximum atomic E-state index is 12.0. The summed E-state index contributed by atoms with van der Waals surface area (Å²) in [7, 11) is 3.12. The van der Waals surface area contributed by atoms with E-state index in [-0.39, 0.29) is 5.78 Å². The molecule has 0 N–H and O–H groups in total. The van der Waals surface area contributed by atoms with Gasteiger partial charge in [-0.05, 0) is 27.9 Å². The Morgan fingerprint density at radius 3 is 2.33 bits per heavy atom. The molecule has 0 aliphatic heterocycles. The summed E-state index contributed by atoms with van der Waals surface area (Å²) < 4.78 is 11.2. The molecule has 0 aliphatic rings. The standard InChI is InChI=1S/C17H13BrO3/c1-20-16-11-17(21-2)14(18)10-13(16)8-9-15(19)12-6-4-3-5-7-12/h3-7,10-11H,1-2H3. The predicted octanol–water partition coefficient (Wildman–Crippen LogP) is 3.70. The predicted molar refractivity (Wildman–Crippen MR) is 84.9 cm³/mol. The first-order valence-corrected chi connectivity index (χ1v) is 6.98. The highest BCUT2D eigenvalue weighted by Gasteiger charge is 2.08. The minimum atomic E-state index is -0.232.